The van der Waals surface area contributed by atoms with Crippen LogP contribution in [0.1, 0.15) is 15.9 Å². The smallest absolute Gasteiger partial charge is 0.338 e. The third-order valence-electron chi connectivity index (χ3n) is 2.19. The Morgan fingerprint density at radius 1 is 1.57 bits per heavy atom. The molecule has 0 atom stereocenters. The topological polar surface area (TPSA) is 35.5 Å². The molecule has 1 aliphatic rings. The van der Waals surface area contributed by atoms with Gasteiger partial charge < -0.3 is 9.47 Å². The van der Waals surface area contributed by atoms with Gasteiger partial charge in [-0.2, -0.15) is 0 Å². The third-order valence-corrected chi connectivity index (χ3v) is 2.89. The van der Waals surface area contributed by atoms with E-state index in [1.54, 1.807) is 12.1 Å². The maximum Gasteiger partial charge on any atom is 0.338 e. The molecule has 0 unspecified atom stereocenters. The minimum absolute atomic E-state index is 0.344. The highest BCUT2D eigenvalue weighted by molar-refractivity contribution is 9.10. The van der Waals surface area contributed by atoms with E-state index in [1.165, 1.54) is 7.11 Å². The van der Waals surface area contributed by atoms with Gasteiger partial charge >= 0.3 is 5.97 Å². The SMILES string of the molecule is COC(=O)c1cc(Br)c2c(c1)OCC2. The summed E-state index contributed by atoms with van der Waals surface area (Å²) >= 11 is 3.41. The van der Waals surface area contributed by atoms with Crippen molar-refractivity contribution in [2.24, 2.45) is 0 Å². The summed E-state index contributed by atoms with van der Waals surface area (Å²) in [6, 6.07) is 3.48. The van der Waals surface area contributed by atoms with Crippen LogP contribution in [0.3, 0.4) is 0 Å². The molecule has 0 spiro atoms. The molecule has 0 aromatic heterocycles. The number of methoxy groups -OCH3 is 1. The molecule has 0 saturated heterocycles. The average molecular weight is 257 g/mol. The van der Waals surface area contributed by atoms with Crippen molar-refractivity contribution in [1.29, 1.82) is 0 Å². The number of halogens is 1. The predicted octanol–water partition coefficient (Wildman–Crippen LogP) is 2.17. The average Bonchev–Trinajstić information content (AvgIpc) is 2.64. The molecule has 0 radical (unpaired) electrons. The van der Waals surface area contributed by atoms with Gasteiger partial charge in [-0.15, -0.1) is 0 Å². The zero-order chi connectivity index (χ0) is 10.1. The summed E-state index contributed by atoms with van der Waals surface area (Å²) in [6.45, 7) is 0.679. The maximum absolute atomic E-state index is 11.3. The number of benzene rings is 1. The number of carbonyl (C=O) groups excluding carboxylic acids is 1. The van der Waals surface area contributed by atoms with Crippen LogP contribution in [-0.2, 0) is 11.2 Å². The molecule has 0 aliphatic carbocycles. The van der Waals surface area contributed by atoms with Crippen molar-refractivity contribution in [3.05, 3.63) is 27.7 Å². The first-order chi connectivity index (χ1) is 6.72. The van der Waals surface area contributed by atoms with Crippen molar-refractivity contribution in [3.63, 3.8) is 0 Å². The Morgan fingerprint density at radius 3 is 3.07 bits per heavy atom. The zero-order valence-corrected chi connectivity index (χ0v) is 9.26. The highest BCUT2D eigenvalue weighted by atomic mass is 79.9. The molecule has 0 bridgehead atoms. The van der Waals surface area contributed by atoms with Crippen molar-refractivity contribution >= 4 is 21.9 Å². The van der Waals surface area contributed by atoms with E-state index in [0.717, 1.165) is 22.2 Å². The first kappa shape index (κ1) is 9.52. The van der Waals surface area contributed by atoms with E-state index in [0.29, 0.717) is 12.2 Å². The maximum atomic E-state index is 11.3. The third kappa shape index (κ3) is 1.50. The van der Waals surface area contributed by atoms with Crippen LogP contribution in [0, 0.1) is 0 Å². The highest BCUT2D eigenvalue weighted by Gasteiger charge is 2.18. The van der Waals surface area contributed by atoms with Crippen molar-refractivity contribution in [2.45, 2.75) is 6.42 Å². The molecule has 1 aromatic carbocycles. The summed E-state index contributed by atoms with van der Waals surface area (Å²) < 4.78 is 10.9. The van der Waals surface area contributed by atoms with Gasteiger partial charge in [0, 0.05) is 16.5 Å². The van der Waals surface area contributed by atoms with Crippen LogP contribution in [0.5, 0.6) is 5.75 Å². The van der Waals surface area contributed by atoms with Crippen LogP contribution in [-0.4, -0.2) is 19.7 Å². The lowest BCUT2D eigenvalue weighted by Crippen LogP contribution is -2.01. The normalized spacial score (nSPS) is 13.3. The summed E-state index contributed by atoms with van der Waals surface area (Å²) in [6.07, 6.45) is 0.886. The van der Waals surface area contributed by atoms with E-state index in [4.69, 9.17) is 4.74 Å². The second kappa shape index (κ2) is 3.61. The van der Waals surface area contributed by atoms with Crippen LogP contribution in [0.2, 0.25) is 0 Å². The number of ether oxygens (including phenoxy) is 2. The molecule has 3 nitrogen and oxygen atoms in total. The number of hydrogen-bond acceptors (Lipinski definition) is 3. The van der Waals surface area contributed by atoms with Gasteiger partial charge in [0.25, 0.3) is 0 Å². The lowest BCUT2D eigenvalue weighted by atomic mass is 10.1. The largest absolute Gasteiger partial charge is 0.493 e. The number of carbonyl (C=O) groups is 1. The molecule has 14 heavy (non-hydrogen) atoms. The molecule has 2 rings (SSSR count). The van der Waals surface area contributed by atoms with Gasteiger partial charge in [-0.1, -0.05) is 15.9 Å². The van der Waals surface area contributed by atoms with Gasteiger partial charge in [0.1, 0.15) is 5.75 Å². The Morgan fingerprint density at radius 2 is 2.36 bits per heavy atom. The number of hydrogen-bond donors (Lipinski definition) is 0. The van der Waals surface area contributed by atoms with E-state index in [-0.39, 0.29) is 5.97 Å². The van der Waals surface area contributed by atoms with E-state index in [1.807, 2.05) is 0 Å². The number of esters is 1. The fraction of sp³-hybridized carbons (Fsp3) is 0.300. The van der Waals surface area contributed by atoms with E-state index in [9.17, 15) is 4.79 Å². The molecule has 1 aliphatic heterocycles. The first-order valence-electron chi connectivity index (χ1n) is 4.26. The minimum atomic E-state index is -0.344. The number of fused-ring (bicyclic) bond motifs is 1. The standard InChI is InChI=1S/C10H9BrO3/c1-13-10(12)6-4-8(11)7-2-3-14-9(7)5-6/h4-5H,2-3H2,1H3. The second-order valence-corrected chi connectivity index (χ2v) is 3.88. The molecule has 4 heteroatoms. The van der Waals surface area contributed by atoms with E-state index in [2.05, 4.69) is 20.7 Å². The monoisotopic (exact) mass is 256 g/mol. The summed E-state index contributed by atoms with van der Waals surface area (Å²) in [7, 11) is 1.37. The zero-order valence-electron chi connectivity index (χ0n) is 7.67. The lowest BCUT2D eigenvalue weighted by molar-refractivity contribution is 0.0600. The predicted molar refractivity (Wildman–Crippen MR) is 54.7 cm³/mol. The first-order valence-corrected chi connectivity index (χ1v) is 5.05. The summed E-state index contributed by atoms with van der Waals surface area (Å²) in [5.74, 6) is 0.434. The van der Waals surface area contributed by atoms with Gasteiger partial charge in [-0.25, -0.2) is 4.79 Å². The van der Waals surface area contributed by atoms with Crippen LogP contribution >= 0.6 is 15.9 Å². The summed E-state index contributed by atoms with van der Waals surface area (Å²) in [5, 5.41) is 0. The molecule has 0 N–H and O–H groups in total. The quantitative estimate of drug-likeness (QED) is 0.723. The van der Waals surface area contributed by atoms with Gasteiger partial charge in [-0.3, -0.25) is 0 Å². The summed E-state index contributed by atoms with van der Waals surface area (Å²) in [5.41, 5.74) is 1.64. The molecule has 0 saturated carbocycles. The second-order valence-electron chi connectivity index (χ2n) is 3.02. The Hall–Kier alpha value is -1.03. The molecule has 1 heterocycles. The van der Waals surface area contributed by atoms with Crippen molar-refractivity contribution in [1.82, 2.24) is 0 Å². The molecule has 1 aromatic rings. The van der Waals surface area contributed by atoms with Gasteiger partial charge in [0.15, 0.2) is 0 Å². The molecular weight excluding hydrogens is 248 g/mol. The lowest BCUT2D eigenvalue weighted by Gasteiger charge is -2.04. The minimum Gasteiger partial charge on any atom is -0.493 e. The molecular formula is C10H9BrO3. The fourth-order valence-corrected chi connectivity index (χ4v) is 2.12. The Kier molecular flexibility index (Phi) is 2.46. The highest BCUT2D eigenvalue weighted by Crippen LogP contribution is 2.33. The van der Waals surface area contributed by atoms with Crippen molar-refractivity contribution < 1.29 is 14.3 Å². The van der Waals surface area contributed by atoms with Crippen LogP contribution in [0.15, 0.2) is 16.6 Å². The molecule has 0 fully saturated rings. The van der Waals surface area contributed by atoms with E-state index < -0.39 is 0 Å². The van der Waals surface area contributed by atoms with Crippen molar-refractivity contribution in [2.75, 3.05) is 13.7 Å². The van der Waals surface area contributed by atoms with Crippen molar-refractivity contribution in [3.8, 4) is 5.75 Å². The van der Waals surface area contributed by atoms with Crippen LogP contribution in [0.4, 0.5) is 0 Å². The van der Waals surface area contributed by atoms with Gasteiger partial charge in [0.2, 0.25) is 0 Å². The fourth-order valence-electron chi connectivity index (χ4n) is 1.48. The van der Waals surface area contributed by atoms with Crippen LogP contribution < -0.4 is 4.74 Å². The Bertz CT molecular complexity index is 387. The van der Waals surface area contributed by atoms with Gasteiger partial charge in [0.05, 0.1) is 19.3 Å². The number of rotatable bonds is 1. The molecule has 74 valence electrons. The van der Waals surface area contributed by atoms with Crippen LogP contribution in [0.25, 0.3) is 0 Å². The van der Waals surface area contributed by atoms with E-state index >= 15 is 0 Å². The van der Waals surface area contributed by atoms with Gasteiger partial charge in [-0.05, 0) is 12.1 Å². The Labute approximate surface area is 90.1 Å². The molecule has 0 amide bonds. The summed E-state index contributed by atoms with van der Waals surface area (Å²) in [4.78, 5) is 11.3. The Balaban J connectivity index is 2.46.